The lowest BCUT2D eigenvalue weighted by molar-refractivity contribution is 0.0132. The number of ether oxygens (including phenoxy) is 2. The van der Waals surface area contributed by atoms with E-state index in [0.29, 0.717) is 18.5 Å². The smallest absolute Gasteiger partial charge is 0.191 e. The van der Waals surface area contributed by atoms with E-state index in [0.717, 1.165) is 45.4 Å². The first-order valence-corrected chi connectivity index (χ1v) is 9.27. The predicted octanol–water partition coefficient (Wildman–Crippen LogP) is 1.71. The van der Waals surface area contributed by atoms with E-state index in [4.69, 9.17) is 9.47 Å². The fraction of sp³-hybridized carbons (Fsp3) is 0.944. The van der Waals surface area contributed by atoms with E-state index in [9.17, 15) is 0 Å². The van der Waals surface area contributed by atoms with Gasteiger partial charge in [0.25, 0.3) is 0 Å². The Morgan fingerprint density at radius 3 is 2.46 bits per heavy atom. The third kappa shape index (κ3) is 8.31. The molecule has 1 unspecified atom stereocenters. The number of nitrogens with one attached hydrogen (secondary N) is 2. The molecule has 1 fully saturated rings. The van der Waals surface area contributed by atoms with E-state index in [2.05, 4.69) is 55.1 Å². The van der Waals surface area contributed by atoms with Crippen LogP contribution in [0, 0.1) is 5.92 Å². The van der Waals surface area contributed by atoms with Gasteiger partial charge in [0.15, 0.2) is 5.96 Å². The van der Waals surface area contributed by atoms with E-state index in [1.54, 1.807) is 7.11 Å². The van der Waals surface area contributed by atoms with Gasteiger partial charge in [-0.1, -0.05) is 13.8 Å². The number of rotatable bonds is 9. The summed E-state index contributed by atoms with van der Waals surface area (Å²) >= 11 is 0. The van der Waals surface area contributed by atoms with Crippen LogP contribution in [0.15, 0.2) is 4.99 Å². The normalized spacial score (nSPS) is 18.7. The molecule has 1 atom stereocenters. The lowest BCUT2D eigenvalue weighted by atomic mass is 10.0. The molecule has 0 aromatic carbocycles. The van der Waals surface area contributed by atoms with E-state index in [-0.39, 0.29) is 5.60 Å². The number of aliphatic imine (C=N–C) groups is 1. The van der Waals surface area contributed by atoms with Crippen LogP contribution in [0.4, 0.5) is 0 Å². The summed E-state index contributed by atoms with van der Waals surface area (Å²) in [5.74, 6) is 1.54. The Labute approximate surface area is 148 Å². The Balaban J connectivity index is 2.63. The molecular weight excluding hydrogens is 304 g/mol. The minimum Gasteiger partial charge on any atom is -0.379 e. The third-order valence-electron chi connectivity index (χ3n) is 4.33. The first-order chi connectivity index (χ1) is 11.4. The Morgan fingerprint density at radius 1 is 1.25 bits per heavy atom. The van der Waals surface area contributed by atoms with Gasteiger partial charge in [0.05, 0.1) is 25.4 Å². The molecule has 142 valence electrons. The SMILES string of the molecule is CCNC(=NCC(C)(C)OC)NCC(CC(C)C)N1CCOCC1. The zero-order chi connectivity index (χ0) is 18.0. The predicted molar refractivity (Wildman–Crippen MR) is 101 cm³/mol. The standard InChI is InChI=1S/C18H38N4O2/c1-7-19-17(21-14-18(4,5)23-6)20-13-16(12-15(2)3)22-8-10-24-11-9-22/h15-16H,7-14H2,1-6H3,(H2,19,20,21). The lowest BCUT2D eigenvalue weighted by Gasteiger charge is -2.35. The summed E-state index contributed by atoms with van der Waals surface area (Å²) in [6, 6.07) is 0.508. The third-order valence-corrected chi connectivity index (χ3v) is 4.33. The maximum atomic E-state index is 5.50. The summed E-state index contributed by atoms with van der Waals surface area (Å²) in [6.07, 6.45) is 1.18. The zero-order valence-corrected chi connectivity index (χ0v) is 16.5. The molecule has 0 aliphatic carbocycles. The molecule has 6 heteroatoms. The fourth-order valence-corrected chi connectivity index (χ4v) is 2.74. The van der Waals surface area contributed by atoms with Crippen LogP contribution in [-0.4, -0.2) is 75.5 Å². The minimum atomic E-state index is -0.246. The Hall–Kier alpha value is -0.850. The Kier molecular flexibility index (Phi) is 9.63. The van der Waals surface area contributed by atoms with Crippen molar-refractivity contribution in [3.63, 3.8) is 0 Å². The van der Waals surface area contributed by atoms with Crippen molar-refractivity contribution in [2.45, 2.75) is 52.7 Å². The second-order valence-electron chi connectivity index (χ2n) is 7.47. The summed E-state index contributed by atoms with van der Waals surface area (Å²) in [4.78, 5) is 7.22. The minimum absolute atomic E-state index is 0.246. The molecular formula is C18H38N4O2. The maximum Gasteiger partial charge on any atom is 0.191 e. The second kappa shape index (κ2) is 10.9. The Morgan fingerprint density at radius 2 is 1.92 bits per heavy atom. The van der Waals surface area contributed by atoms with E-state index in [1.807, 2.05) is 0 Å². The first kappa shape index (κ1) is 21.2. The molecule has 0 aromatic rings. The number of methoxy groups -OCH3 is 1. The van der Waals surface area contributed by atoms with Crippen LogP contribution in [0.5, 0.6) is 0 Å². The molecule has 0 amide bonds. The molecule has 24 heavy (non-hydrogen) atoms. The van der Waals surface area contributed by atoms with E-state index in [1.165, 1.54) is 6.42 Å². The van der Waals surface area contributed by atoms with Crippen LogP contribution in [0.3, 0.4) is 0 Å². The van der Waals surface area contributed by atoms with Crippen molar-refractivity contribution in [1.29, 1.82) is 0 Å². The molecule has 0 aromatic heterocycles. The van der Waals surface area contributed by atoms with Gasteiger partial charge in [0.2, 0.25) is 0 Å². The van der Waals surface area contributed by atoms with Crippen molar-refractivity contribution in [2.24, 2.45) is 10.9 Å². The molecule has 0 radical (unpaired) electrons. The van der Waals surface area contributed by atoms with Crippen LogP contribution >= 0.6 is 0 Å². The van der Waals surface area contributed by atoms with Crippen LogP contribution in [0.25, 0.3) is 0 Å². The van der Waals surface area contributed by atoms with Crippen LogP contribution < -0.4 is 10.6 Å². The highest BCUT2D eigenvalue weighted by atomic mass is 16.5. The molecule has 1 aliphatic rings. The van der Waals surface area contributed by atoms with Crippen LogP contribution in [0.1, 0.15) is 41.0 Å². The Bertz CT molecular complexity index is 366. The van der Waals surface area contributed by atoms with E-state index >= 15 is 0 Å². The molecule has 1 saturated heterocycles. The van der Waals surface area contributed by atoms with Crippen molar-refractivity contribution in [3.8, 4) is 0 Å². The highest BCUT2D eigenvalue weighted by Gasteiger charge is 2.22. The highest BCUT2D eigenvalue weighted by molar-refractivity contribution is 5.79. The zero-order valence-electron chi connectivity index (χ0n) is 16.5. The topological polar surface area (TPSA) is 58.1 Å². The van der Waals surface area contributed by atoms with Gasteiger partial charge < -0.3 is 20.1 Å². The average Bonchev–Trinajstić information content (AvgIpc) is 2.56. The summed E-state index contributed by atoms with van der Waals surface area (Å²) in [5, 5.41) is 6.85. The monoisotopic (exact) mass is 342 g/mol. The summed E-state index contributed by atoms with van der Waals surface area (Å²) in [7, 11) is 1.73. The number of morpholine rings is 1. The average molecular weight is 343 g/mol. The van der Waals surface area contributed by atoms with Gasteiger partial charge in [-0.25, -0.2) is 0 Å². The maximum absolute atomic E-state index is 5.50. The van der Waals surface area contributed by atoms with Gasteiger partial charge in [0, 0.05) is 39.3 Å². The van der Waals surface area contributed by atoms with Crippen LogP contribution in [0.2, 0.25) is 0 Å². The van der Waals surface area contributed by atoms with Crippen molar-refractivity contribution in [1.82, 2.24) is 15.5 Å². The molecule has 2 N–H and O–H groups in total. The molecule has 1 rings (SSSR count). The number of nitrogens with zero attached hydrogens (tertiary/aromatic N) is 2. The number of hydrogen-bond donors (Lipinski definition) is 2. The summed E-state index contributed by atoms with van der Waals surface area (Å²) in [6.45, 7) is 16.9. The molecule has 0 spiro atoms. The lowest BCUT2D eigenvalue weighted by Crippen LogP contribution is -2.51. The number of guanidine groups is 1. The molecule has 1 heterocycles. The van der Waals surface area contributed by atoms with Gasteiger partial charge in [-0.3, -0.25) is 9.89 Å². The van der Waals surface area contributed by atoms with E-state index < -0.39 is 0 Å². The molecule has 0 bridgehead atoms. The molecule has 1 aliphatic heterocycles. The summed E-state index contributed by atoms with van der Waals surface area (Å²) in [5.41, 5.74) is -0.246. The van der Waals surface area contributed by atoms with Crippen molar-refractivity contribution < 1.29 is 9.47 Å². The van der Waals surface area contributed by atoms with Crippen LogP contribution in [-0.2, 0) is 9.47 Å². The quantitative estimate of drug-likeness (QED) is 0.493. The van der Waals surface area contributed by atoms with Gasteiger partial charge in [0.1, 0.15) is 0 Å². The summed E-state index contributed by atoms with van der Waals surface area (Å²) < 4.78 is 11.0. The van der Waals surface area contributed by atoms with Crippen molar-refractivity contribution in [3.05, 3.63) is 0 Å². The van der Waals surface area contributed by atoms with Gasteiger partial charge >= 0.3 is 0 Å². The number of hydrogen-bond acceptors (Lipinski definition) is 4. The van der Waals surface area contributed by atoms with Crippen molar-refractivity contribution in [2.75, 3.05) is 53.0 Å². The van der Waals surface area contributed by atoms with Gasteiger partial charge in [-0.15, -0.1) is 0 Å². The first-order valence-electron chi connectivity index (χ1n) is 9.27. The highest BCUT2D eigenvalue weighted by Crippen LogP contribution is 2.13. The molecule has 0 saturated carbocycles. The molecule has 6 nitrogen and oxygen atoms in total. The van der Waals surface area contributed by atoms with Gasteiger partial charge in [-0.05, 0) is 33.1 Å². The van der Waals surface area contributed by atoms with Crippen molar-refractivity contribution >= 4 is 5.96 Å². The van der Waals surface area contributed by atoms with Gasteiger partial charge in [-0.2, -0.15) is 0 Å². The largest absolute Gasteiger partial charge is 0.379 e. The fourth-order valence-electron chi connectivity index (χ4n) is 2.74. The second-order valence-corrected chi connectivity index (χ2v) is 7.47.